The molecular weight excluding hydrogens is 340 g/mol. The minimum absolute atomic E-state index is 0.309. The standard InChI is InChI=1S/C11H12Br2OS/c1-7-5-15-6-11(7,14)8-2-9(12)4-10(13)3-8/h2-4,7,14H,5-6H2,1H3/t7-,11+/m0/s1. The van der Waals surface area contributed by atoms with Gasteiger partial charge in [-0.1, -0.05) is 38.8 Å². The summed E-state index contributed by atoms with van der Waals surface area (Å²) in [4.78, 5) is 0. The minimum atomic E-state index is -0.670. The van der Waals surface area contributed by atoms with Gasteiger partial charge in [0.1, 0.15) is 5.60 Å². The lowest BCUT2D eigenvalue weighted by Gasteiger charge is -2.27. The number of thioether (sulfide) groups is 1. The Morgan fingerprint density at radius 2 is 1.93 bits per heavy atom. The van der Waals surface area contributed by atoms with Crippen molar-refractivity contribution in [3.63, 3.8) is 0 Å². The van der Waals surface area contributed by atoms with E-state index in [1.54, 1.807) is 0 Å². The molecule has 1 heterocycles. The molecule has 0 bridgehead atoms. The lowest BCUT2D eigenvalue weighted by Crippen LogP contribution is -2.32. The summed E-state index contributed by atoms with van der Waals surface area (Å²) in [6.45, 7) is 2.11. The first kappa shape index (κ1) is 12.0. The molecule has 82 valence electrons. The van der Waals surface area contributed by atoms with E-state index in [9.17, 15) is 5.11 Å². The zero-order valence-electron chi connectivity index (χ0n) is 8.34. The van der Waals surface area contributed by atoms with E-state index in [-0.39, 0.29) is 0 Å². The van der Waals surface area contributed by atoms with Gasteiger partial charge in [0.15, 0.2) is 0 Å². The van der Waals surface area contributed by atoms with E-state index >= 15 is 0 Å². The molecule has 15 heavy (non-hydrogen) atoms. The smallest absolute Gasteiger partial charge is 0.102 e. The fourth-order valence-electron chi connectivity index (χ4n) is 1.84. The summed E-state index contributed by atoms with van der Waals surface area (Å²) in [5.41, 5.74) is 0.331. The number of hydrogen-bond acceptors (Lipinski definition) is 2. The van der Waals surface area contributed by atoms with Crippen molar-refractivity contribution in [2.45, 2.75) is 12.5 Å². The number of halogens is 2. The number of hydrogen-bond donors (Lipinski definition) is 1. The molecule has 0 amide bonds. The topological polar surface area (TPSA) is 20.2 Å². The average Bonchev–Trinajstić information content (AvgIpc) is 2.47. The highest BCUT2D eigenvalue weighted by Gasteiger charge is 2.40. The Morgan fingerprint density at radius 3 is 2.40 bits per heavy atom. The van der Waals surface area contributed by atoms with Crippen molar-refractivity contribution in [2.24, 2.45) is 5.92 Å². The van der Waals surface area contributed by atoms with Crippen molar-refractivity contribution in [3.8, 4) is 0 Å². The van der Waals surface area contributed by atoms with E-state index in [0.29, 0.717) is 5.92 Å². The van der Waals surface area contributed by atoms with Crippen LogP contribution in [0.4, 0.5) is 0 Å². The lowest BCUT2D eigenvalue weighted by atomic mass is 9.85. The van der Waals surface area contributed by atoms with Gasteiger partial charge in [-0.3, -0.25) is 0 Å². The summed E-state index contributed by atoms with van der Waals surface area (Å²) in [5.74, 6) is 2.13. The zero-order valence-corrected chi connectivity index (χ0v) is 12.3. The van der Waals surface area contributed by atoms with Crippen LogP contribution in [-0.4, -0.2) is 16.6 Å². The van der Waals surface area contributed by atoms with Gasteiger partial charge in [0.25, 0.3) is 0 Å². The van der Waals surface area contributed by atoms with E-state index in [1.165, 1.54) is 0 Å². The van der Waals surface area contributed by atoms with Crippen LogP contribution < -0.4 is 0 Å². The van der Waals surface area contributed by atoms with Crippen LogP contribution in [0.25, 0.3) is 0 Å². The monoisotopic (exact) mass is 350 g/mol. The van der Waals surface area contributed by atoms with E-state index in [4.69, 9.17) is 0 Å². The van der Waals surface area contributed by atoms with Gasteiger partial charge in [0.05, 0.1) is 0 Å². The van der Waals surface area contributed by atoms with Gasteiger partial charge in [-0.15, -0.1) is 0 Å². The van der Waals surface area contributed by atoms with Gasteiger partial charge >= 0.3 is 0 Å². The molecule has 1 N–H and O–H groups in total. The van der Waals surface area contributed by atoms with Crippen molar-refractivity contribution < 1.29 is 5.11 Å². The highest BCUT2D eigenvalue weighted by Crippen LogP contribution is 2.42. The van der Waals surface area contributed by atoms with Gasteiger partial charge in [-0.2, -0.15) is 11.8 Å². The van der Waals surface area contributed by atoms with Crippen LogP contribution in [0.3, 0.4) is 0 Å². The lowest BCUT2D eigenvalue weighted by molar-refractivity contribution is 0.0233. The first-order valence-electron chi connectivity index (χ1n) is 4.79. The van der Waals surface area contributed by atoms with Crippen LogP contribution in [0.2, 0.25) is 0 Å². The molecule has 2 atom stereocenters. The Bertz CT molecular complexity index is 363. The quantitative estimate of drug-likeness (QED) is 0.830. The summed E-state index contributed by atoms with van der Waals surface area (Å²) in [6, 6.07) is 6.00. The molecule has 0 aliphatic carbocycles. The molecule has 1 fully saturated rings. The maximum absolute atomic E-state index is 10.6. The first-order chi connectivity index (χ1) is 7.02. The Balaban J connectivity index is 2.44. The second-order valence-corrected chi connectivity index (χ2v) is 6.86. The van der Waals surface area contributed by atoms with Gasteiger partial charge in [0.2, 0.25) is 0 Å². The summed E-state index contributed by atoms with van der Waals surface area (Å²) in [5, 5.41) is 10.6. The van der Waals surface area contributed by atoms with Crippen molar-refractivity contribution >= 4 is 43.6 Å². The fraction of sp³-hybridized carbons (Fsp3) is 0.455. The average molecular weight is 352 g/mol. The molecular formula is C11H12Br2OS. The third-order valence-corrected chi connectivity index (χ3v) is 5.16. The van der Waals surface area contributed by atoms with Crippen LogP contribution in [0.15, 0.2) is 27.1 Å². The van der Waals surface area contributed by atoms with Crippen molar-refractivity contribution in [3.05, 3.63) is 32.7 Å². The molecule has 1 aliphatic heterocycles. The summed E-state index contributed by atoms with van der Waals surface area (Å²) >= 11 is 8.73. The Labute approximate surface area is 111 Å². The van der Waals surface area contributed by atoms with Crippen LogP contribution in [-0.2, 0) is 5.60 Å². The SMILES string of the molecule is C[C@H]1CSC[C@]1(O)c1cc(Br)cc(Br)c1. The molecule has 2 rings (SSSR count). The maximum atomic E-state index is 10.6. The second-order valence-electron chi connectivity index (χ2n) is 4.00. The van der Waals surface area contributed by atoms with Gasteiger partial charge < -0.3 is 5.11 Å². The van der Waals surface area contributed by atoms with Crippen molar-refractivity contribution in [1.29, 1.82) is 0 Å². The van der Waals surface area contributed by atoms with Gasteiger partial charge in [-0.25, -0.2) is 0 Å². The van der Waals surface area contributed by atoms with Crippen LogP contribution in [0, 0.1) is 5.92 Å². The molecule has 0 aromatic heterocycles. The molecule has 1 aliphatic rings. The third kappa shape index (κ3) is 2.28. The molecule has 0 radical (unpaired) electrons. The van der Waals surface area contributed by atoms with Crippen LogP contribution in [0.1, 0.15) is 12.5 Å². The first-order valence-corrected chi connectivity index (χ1v) is 7.53. The molecule has 1 saturated heterocycles. The van der Waals surface area contributed by atoms with E-state index in [2.05, 4.69) is 38.8 Å². The molecule has 4 heteroatoms. The number of aliphatic hydroxyl groups is 1. The Hall–Kier alpha value is 0.490. The predicted octanol–water partition coefficient (Wildman–Crippen LogP) is 3.78. The molecule has 1 nitrogen and oxygen atoms in total. The summed E-state index contributed by atoms with van der Waals surface area (Å²) in [7, 11) is 0. The highest BCUT2D eigenvalue weighted by molar-refractivity contribution is 9.11. The van der Waals surface area contributed by atoms with Crippen LogP contribution >= 0.6 is 43.6 Å². The highest BCUT2D eigenvalue weighted by atomic mass is 79.9. The van der Waals surface area contributed by atoms with E-state index < -0.39 is 5.60 Å². The van der Waals surface area contributed by atoms with Crippen molar-refractivity contribution in [2.75, 3.05) is 11.5 Å². The Morgan fingerprint density at radius 1 is 1.33 bits per heavy atom. The third-order valence-electron chi connectivity index (χ3n) is 2.87. The number of benzene rings is 1. The molecule has 0 saturated carbocycles. The molecule has 0 unspecified atom stereocenters. The second kappa shape index (κ2) is 4.40. The molecule has 1 aromatic rings. The fourth-order valence-corrected chi connectivity index (χ4v) is 4.65. The maximum Gasteiger partial charge on any atom is 0.102 e. The normalized spacial score (nSPS) is 30.8. The molecule has 1 aromatic carbocycles. The number of rotatable bonds is 1. The van der Waals surface area contributed by atoms with Gasteiger partial charge in [-0.05, 0) is 35.4 Å². The van der Waals surface area contributed by atoms with Crippen LogP contribution in [0.5, 0.6) is 0 Å². The van der Waals surface area contributed by atoms with E-state index in [0.717, 1.165) is 26.0 Å². The van der Waals surface area contributed by atoms with Crippen molar-refractivity contribution in [1.82, 2.24) is 0 Å². The van der Waals surface area contributed by atoms with E-state index in [1.807, 2.05) is 30.0 Å². The summed E-state index contributed by atoms with van der Waals surface area (Å²) in [6.07, 6.45) is 0. The Kier molecular flexibility index (Phi) is 3.51. The minimum Gasteiger partial charge on any atom is -0.384 e. The van der Waals surface area contributed by atoms with Gasteiger partial charge in [0, 0.05) is 14.7 Å². The summed E-state index contributed by atoms with van der Waals surface area (Å²) < 4.78 is 2.01. The molecule has 0 spiro atoms. The predicted molar refractivity (Wildman–Crippen MR) is 72.2 cm³/mol. The zero-order chi connectivity index (χ0) is 11.1. The largest absolute Gasteiger partial charge is 0.384 e.